The second-order valence-electron chi connectivity index (χ2n) is 5.74. The molecule has 1 saturated carbocycles. The average molecular weight is 327 g/mol. The van der Waals surface area contributed by atoms with Gasteiger partial charge in [-0.05, 0) is 49.9 Å². The minimum absolute atomic E-state index is 0.0955. The van der Waals surface area contributed by atoms with Crippen LogP contribution in [0.3, 0.4) is 0 Å². The molecule has 3 N–H and O–H groups in total. The highest BCUT2D eigenvalue weighted by Gasteiger charge is 2.32. The minimum Gasteiger partial charge on any atom is -0.367 e. The summed E-state index contributed by atoms with van der Waals surface area (Å²) in [5.74, 6) is 0. The van der Waals surface area contributed by atoms with Gasteiger partial charge in [0.1, 0.15) is 0 Å². The van der Waals surface area contributed by atoms with Gasteiger partial charge in [-0.1, -0.05) is 27.6 Å². The van der Waals surface area contributed by atoms with Gasteiger partial charge in [-0.15, -0.1) is 0 Å². The SMILES string of the molecule is PNC1(Nc2ccccc2)CCC(=NNc2ccncc2)CC1. The van der Waals surface area contributed by atoms with Gasteiger partial charge in [0.15, 0.2) is 0 Å². The highest BCUT2D eigenvalue weighted by atomic mass is 31.0. The first-order chi connectivity index (χ1) is 11.3. The van der Waals surface area contributed by atoms with Crippen molar-refractivity contribution in [3.8, 4) is 0 Å². The number of benzene rings is 1. The van der Waals surface area contributed by atoms with E-state index < -0.39 is 0 Å². The molecule has 0 saturated heterocycles. The van der Waals surface area contributed by atoms with Crippen LogP contribution >= 0.6 is 9.39 Å². The molecule has 1 heterocycles. The fraction of sp³-hybridized carbons (Fsp3) is 0.294. The molecule has 2 aromatic rings. The van der Waals surface area contributed by atoms with Crippen LogP contribution in [0.4, 0.5) is 11.4 Å². The maximum absolute atomic E-state index is 4.54. The first-order valence-corrected chi connectivity index (χ1v) is 8.40. The van der Waals surface area contributed by atoms with Gasteiger partial charge in [0.05, 0.1) is 11.4 Å². The number of pyridine rings is 1. The zero-order valence-electron chi connectivity index (χ0n) is 13.0. The Morgan fingerprint density at radius 3 is 2.30 bits per heavy atom. The summed E-state index contributed by atoms with van der Waals surface area (Å²) in [7, 11) is 2.65. The lowest BCUT2D eigenvalue weighted by molar-refractivity contribution is 0.379. The molecule has 0 amide bonds. The Balaban J connectivity index is 1.59. The highest BCUT2D eigenvalue weighted by molar-refractivity contribution is 7.13. The molecule has 1 aromatic carbocycles. The molecule has 0 spiro atoms. The quantitative estimate of drug-likeness (QED) is 0.446. The standard InChI is InChI=1S/C17H22N5P/c23-22-17(19-14-4-2-1-3-5-14)10-6-15(7-11-17)20-21-16-8-12-18-13-9-16/h1-5,8-9,12-13,19,22H,6-7,10-11,23H2,(H,18,21). The zero-order chi connectivity index (χ0) is 16.0. The molecule has 0 aliphatic heterocycles. The van der Waals surface area contributed by atoms with Crippen molar-refractivity contribution in [3.63, 3.8) is 0 Å². The number of rotatable bonds is 5. The highest BCUT2D eigenvalue weighted by Crippen LogP contribution is 2.29. The third-order valence-corrected chi connectivity index (χ3v) is 4.69. The second kappa shape index (κ2) is 7.53. The van der Waals surface area contributed by atoms with Crippen molar-refractivity contribution in [1.82, 2.24) is 10.1 Å². The van der Waals surface area contributed by atoms with E-state index in [4.69, 9.17) is 0 Å². The van der Waals surface area contributed by atoms with Crippen LogP contribution in [-0.2, 0) is 0 Å². The average Bonchev–Trinajstić information content (AvgIpc) is 2.63. The molecule has 1 atom stereocenters. The smallest absolute Gasteiger partial charge is 0.0917 e. The summed E-state index contributed by atoms with van der Waals surface area (Å²) in [6.07, 6.45) is 7.41. The van der Waals surface area contributed by atoms with E-state index in [1.54, 1.807) is 12.4 Å². The van der Waals surface area contributed by atoms with Gasteiger partial charge >= 0.3 is 0 Å². The van der Waals surface area contributed by atoms with Crippen LogP contribution in [-0.4, -0.2) is 16.4 Å². The number of para-hydroxylation sites is 1. The van der Waals surface area contributed by atoms with Crippen LogP contribution in [0, 0.1) is 0 Å². The predicted molar refractivity (Wildman–Crippen MR) is 99.4 cm³/mol. The van der Waals surface area contributed by atoms with Crippen molar-refractivity contribution >= 4 is 26.5 Å². The summed E-state index contributed by atoms with van der Waals surface area (Å²) in [4.78, 5) is 4.00. The molecule has 1 aromatic heterocycles. The topological polar surface area (TPSA) is 61.3 Å². The van der Waals surface area contributed by atoms with Crippen LogP contribution in [0.2, 0.25) is 0 Å². The lowest BCUT2D eigenvalue weighted by Crippen LogP contribution is -2.50. The van der Waals surface area contributed by atoms with Gasteiger partial charge in [-0.25, -0.2) is 0 Å². The minimum atomic E-state index is -0.0955. The second-order valence-corrected chi connectivity index (χ2v) is 6.03. The van der Waals surface area contributed by atoms with Gasteiger partial charge in [0.2, 0.25) is 0 Å². The van der Waals surface area contributed by atoms with E-state index in [1.807, 2.05) is 30.3 Å². The summed E-state index contributed by atoms with van der Waals surface area (Å²) >= 11 is 0. The van der Waals surface area contributed by atoms with Crippen LogP contribution in [0.1, 0.15) is 25.7 Å². The molecule has 5 nitrogen and oxygen atoms in total. The number of hydrazone groups is 1. The molecular formula is C17H22N5P. The molecule has 1 fully saturated rings. The molecule has 1 unspecified atom stereocenters. The van der Waals surface area contributed by atoms with Crippen molar-refractivity contribution in [2.45, 2.75) is 31.3 Å². The summed E-state index contributed by atoms with van der Waals surface area (Å²) < 4.78 is 0. The fourth-order valence-electron chi connectivity index (χ4n) is 2.75. The third kappa shape index (κ3) is 4.27. The van der Waals surface area contributed by atoms with Gasteiger partial charge in [-0.2, -0.15) is 5.10 Å². The van der Waals surface area contributed by atoms with E-state index in [0.29, 0.717) is 0 Å². The summed E-state index contributed by atoms with van der Waals surface area (Å²) in [6.45, 7) is 0. The predicted octanol–water partition coefficient (Wildman–Crippen LogP) is 3.61. The van der Waals surface area contributed by atoms with E-state index in [2.05, 4.69) is 47.4 Å². The Kier molecular flexibility index (Phi) is 5.21. The molecule has 0 radical (unpaired) electrons. The van der Waals surface area contributed by atoms with E-state index in [-0.39, 0.29) is 5.66 Å². The number of nitrogens with one attached hydrogen (secondary N) is 3. The van der Waals surface area contributed by atoms with Gasteiger partial charge in [-0.3, -0.25) is 15.5 Å². The summed E-state index contributed by atoms with van der Waals surface area (Å²) in [5.41, 5.74) is 6.32. The Morgan fingerprint density at radius 1 is 0.957 bits per heavy atom. The number of hydrogen-bond donors (Lipinski definition) is 3. The lowest BCUT2D eigenvalue weighted by Gasteiger charge is -2.39. The molecule has 120 valence electrons. The van der Waals surface area contributed by atoms with Gasteiger partial charge < -0.3 is 5.32 Å². The van der Waals surface area contributed by atoms with Gasteiger partial charge in [0, 0.05) is 23.8 Å². The van der Waals surface area contributed by atoms with Crippen LogP contribution in [0.25, 0.3) is 0 Å². The molecule has 3 rings (SSSR count). The number of nitrogens with zero attached hydrogens (tertiary/aromatic N) is 2. The maximum atomic E-state index is 4.54. The van der Waals surface area contributed by atoms with E-state index in [0.717, 1.165) is 37.1 Å². The Bertz CT molecular complexity index is 635. The first kappa shape index (κ1) is 15.9. The third-order valence-electron chi connectivity index (χ3n) is 4.14. The van der Waals surface area contributed by atoms with Crippen LogP contribution in [0.15, 0.2) is 60.0 Å². The van der Waals surface area contributed by atoms with Crippen LogP contribution in [0.5, 0.6) is 0 Å². The molecule has 1 aliphatic rings. The van der Waals surface area contributed by atoms with Gasteiger partial charge in [0.25, 0.3) is 0 Å². The fourth-order valence-corrected chi connectivity index (χ4v) is 3.11. The van der Waals surface area contributed by atoms with Crippen molar-refractivity contribution in [3.05, 3.63) is 54.9 Å². The number of anilines is 2. The monoisotopic (exact) mass is 327 g/mol. The normalized spacial score (nSPS) is 20.8. The maximum Gasteiger partial charge on any atom is 0.0917 e. The molecule has 23 heavy (non-hydrogen) atoms. The van der Waals surface area contributed by atoms with Crippen molar-refractivity contribution < 1.29 is 0 Å². The molecule has 6 heteroatoms. The molecular weight excluding hydrogens is 305 g/mol. The summed E-state index contributed by atoms with van der Waals surface area (Å²) in [6, 6.07) is 14.1. The Hall–Kier alpha value is -1.97. The zero-order valence-corrected chi connectivity index (χ0v) is 14.2. The molecule has 1 aliphatic carbocycles. The Morgan fingerprint density at radius 2 is 1.65 bits per heavy atom. The number of hydrogen-bond acceptors (Lipinski definition) is 5. The van der Waals surface area contributed by atoms with E-state index in [1.165, 1.54) is 5.71 Å². The van der Waals surface area contributed by atoms with E-state index in [9.17, 15) is 0 Å². The van der Waals surface area contributed by atoms with Crippen molar-refractivity contribution in [2.24, 2.45) is 5.10 Å². The van der Waals surface area contributed by atoms with Crippen LogP contribution < -0.4 is 15.8 Å². The summed E-state index contributed by atoms with van der Waals surface area (Å²) in [5, 5.41) is 11.5. The largest absolute Gasteiger partial charge is 0.367 e. The van der Waals surface area contributed by atoms with E-state index >= 15 is 0 Å². The van der Waals surface area contributed by atoms with Crippen molar-refractivity contribution in [1.29, 1.82) is 0 Å². The number of aromatic nitrogens is 1. The van der Waals surface area contributed by atoms with Crippen molar-refractivity contribution in [2.75, 3.05) is 10.7 Å². The molecule has 0 bridgehead atoms. The lowest BCUT2D eigenvalue weighted by atomic mass is 9.88. The Labute approximate surface area is 139 Å². The first-order valence-electron chi connectivity index (χ1n) is 7.82.